The molecule has 0 fully saturated rings. The van der Waals surface area contributed by atoms with E-state index in [9.17, 15) is 14.4 Å². The molecule has 2 aromatic heterocycles. The Balaban J connectivity index is 1.49. The number of aromatic nitrogens is 4. The highest BCUT2D eigenvalue weighted by Crippen LogP contribution is 2.22. The number of carbonyl (C=O) groups is 1. The smallest absolute Gasteiger partial charge is 0.330 e. The maximum Gasteiger partial charge on any atom is 0.330 e. The lowest BCUT2D eigenvalue weighted by Crippen LogP contribution is -2.41. The van der Waals surface area contributed by atoms with Gasteiger partial charge in [0, 0.05) is 6.54 Å². The maximum atomic E-state index is 13.0. The minimum atomic E-state index is -0.722. The summed E-state index contributed by atoms with van der Waals surface area (Å²) in [5, 5.41) is 8.26. The van der Waals surface area contributed by atoms with Crippen molar-refractivity contribution in [3.05, 3.63) is 98.5 Å². The lowest BCUT2D eigenvalue weighted by atomic mass is 10.2. The summed E-state index contributed by atoms with van der Waals surface area (Å²) in [6, 6.07) is 18.9. The number of anilines is 2. The maximum absolute atomic E-state index is 13.0. The van der Waals surface area contributed by atoms with Crippen molar-refractivity contribution in [1.82, 2.24) is 19.7 Å². The molecule has 180 valence electrons. The molecule has 0 aliphatic rings. The Morgan fingerprint density at radius 1 is 1.06 bits per heavy atom. The van der Waals surface area contributed by atoms with Crippen LogP contribution in [0.3, 0.4) is 0 Å². The van der Waals surface area contributed by atoms with E-state index in [1.54, 1.807) is 6.92 Å². The van der Waals surface area contributed by atoms with Crippen molar-refractivity contribution in [3.63, 3.8) is 0 Å². The van der Waals surface area contributed by atoms with Gasteiger partial charge in [-0.05, 0) is 18.1 Å². The number of nitrogens with zero attached hydrogens (tertiary/aromatic N) is 4. The first kappa shape index (κ1) is 24.0. The zero-order chi connectivity index (χ0) is 24.8. The molecule has 0 saturated carbocycles. The van der Waals surface area contributed by atoms with Crippen molar-refractivity contribution >= 4 is 29.2 Å². The number of aromatic amines is 1. The highest BCUT2D eigenvalue weighted by atomic mass is 32.2. The summed E-state index contributed by atoms with van der Waals surface area (Å²) >= 11 is 1.07. The largest absolute Gasteiger partial charge is 0.416 e. The molecule has 2 aromatic carbocycles. The normalized spacial score (nSPS) is 10.9. The minimum Gasteiger partial charge on any atom is -0.416 e. The first-order valence-corrected chi connectivity index (χ1v) is 11.9. The van der Waals surface area contributed by atoms with Gasteiger partial charge >= 0.3 is 5.69 Å². The number of amides is 1. The van der Waals surface area contributed by atoms with Crippen LogP contribution in [0, 0.1) is 0 Å². The zero-order valence-corrected chi connectivity index (χ0v) is 19.8. The molecular formula is C24H24N6O4S. The monoisotopic (exact) mass is 492 g/mol. The number of H-pyrrole nitrogens is 1. The first-order valence-electron chi connectivity index (χ1n) is 10.9. The van der Waals surface area contributed by atoms with Gasteiger partial charge in [0.15, 0.2) is 5.69 Å². The average Bonchev–Trinajstić information content (AvgIpc) is 3.31. The standard InChI is InChI=1S/C24H24N6O4S/c1-2-29(19(31)15-35-24-28-27-18(34-24)13-16-9-5-3-6-10-16)20-21(25)30(23(33)26-22(20)32)14-17-11-7-4-8-12-17/h3-12H,2,13-15,25H2,1H3,(H,26,32,33). The Kier molecular flexibility index (Phi) is 7.46. The fourth-order valence-corrected chi connectivity index (χ4v) is 4.22. The zero-order valence-electron chi connectivity index (χ0n) is 19.0. The van der Waals surface area contributed by atoms with Gasteiger partial charge in [0.1, 0.15) is 5.82 Å². The van der Waals surface area contributed by atoms with Crippen molar-refractivity contribution in [3.8, 4) is 0 Å². The van der Waals surface area contributed by atoms with Crippen LogP contribution in [0.1, 0.15) is 23.9 Å². The number of nitrogen functional groups attached to an aromatic ring is 1. The summed E-state index contributed by atoms with van der Waals surface area (Å²) in [5.41, 5.74) is 6.66. The molecule has 0 aliphatic carbocycles. The number of thioether (sulfide) groups is 1. The summed E-state index contributed by atoms with van der Waals surface area (Å²) in [4.78, 5) is 41.6. The van der Waals surface area contributed by atoms with Gasteiger partial charge in [-0.15, -0.1) is 10.2 Å². The molecule has 3 N–H and O–H groups in total. The second kappa shape index (κ2) is 10.9. The van der Waals surface area contributed by atoms with E-state index in [1.165, 1.54) is 9.47 Å². The summed E-state index contributed by atoms with van der Waals surface area (Å²) in [7, 11) is 0. The van der Waals surface area contributed by atoms with Gasteiger partial charge in [0.25, 0.3) is 10.8 Å². The van der Waals surface area contributed by atoms with Crippen molar-refractivity contribution in [2.45, 2.75) is 25.1 Å². The van der Waals surface area contributed by atoms with Crippen LogP contribution in [-0.4, -0.2) is 38.0 Å². The lowest BCUT2D eigenvalue weighted by Gasteiger charge is -2.22. The number of nitrogens with one attached hydrogen (secondary N) is 1. The molecule has 0 radical (unpaired) electrons. The van der Waals surface area contributed by atoms with Crippen LogP contribution in [0.5, 0.6) is 0 Å². The Hall–Kier alpha value is -4.12. The van der Waals surface area contributed by atoms with Crippen LogP contribution in [0.4, 0.5) is 11.5 Å². The molecule has 4 rings (SSSR count). The van der Waals surface area contributed by atoms with Gasteiger partial charge in [-0.25, -0.2) is 4.79 Å². The van der Waals surface area contributed by atoms with Gasteiger partial charge in [0.2, 0.25) is 11.8 Å². The molecule has 1 amide bonds. The third-order valence-corrected chi connectivity index (χ3v) is 6.05. The van der Waals surface area contributed by atoms with Gasteiger partial charge in [0.05, 0.1) is 18.7 Å². The number of rotatable bonds is 9. The number of hydrogen-bond acceptors (Lipinski definition) is 8. The highest BCUT2D eigenvalue weighted by molar-refractivity contribution is 7.99. The second-order valence-electron chi connectivity index (χ2n) is 7.62. The predicted octanol–water partition coefficient (Wildman–Crippen LogP) is 2.29. The quantitative estimate of drug-likeness (QED) is 0.339. The first-order chi connectivity index (χ1) is 17.0. The molecule has 35 heavy (non-hydrogen) atoms. The van der Waals surface area contributed by atoms with Gasteiger partial charge in [-0.2, -0.15) is 0 Å². The van der Waals surface area contributed by atoms with Crippen LogP contribution in [0.2, 0.25) is 0 Å². The van der Waals surface area contributed by atoms with E-state index in [0.717, 1.165) is 22.9 Å². The average molecular weight is 493 g/mol. The molecule has 4 aromatic rings. The second-order valence-corrected chi connectivity index (χ2v) is 8.54. The van der Waals surface area contributed by atoms with E-state index in [2.05, 4.69) is 15.2 Å². The van der Waals surface area contributed by atoms with Crippen LogP contribution in [-0.2, 0) is 17.8 Å². The predicted molar refractivity (Wildman–Crippen MR) is 134 cm³/mol. The number of hydrogen-bond donors (Lipinski definition) is 2. The van der Waals surface area contributed by atoms with Crippen LogP contribution < -0.4 is 21.9 Å². The molecule has 0 unspecified atom stereocenters. The SMILES string of the molecule is CCN(C(=O)CSc1nnc(Cc2ccccc2)o1)c1c(N)n(Cc2ccccc2)c(=O)[nH]c1=O. The van der Waals surface area contributed by atoms with Gasteiger partial charge in [-0.1, -0.05) is 72.4 Å². The van der Waals surface area contributed by atoms with E-state index in [-0.39, 0.29) is 41.5 Å². The van der Waals surface area contributed by atoms with Crippen LogP contribution >= 0.6 is 11.8 Å². The molecule has 0 bridgehead atoms. The van der Waals surface area contributed by atoms with Gasteiger partial charge < -0.3 is 15.1 Å². The number of carbonyl (C=O) groups excluding carboxylic acids is 1. The molecule has 0 spiro atoms. The Bertz CT molecular complexity index is 1420. The molecule has 2 heterocycles. The molecule has 0 saturated heterocycles. The molecule has 11 heteroatoms. The topological polar surface area (TPSA) is 140 Å². The van der Waals surface area contributed by atoms with Crippen LogP contribution in [0.15, 0.2) is 79.9 Å². The summed E-state index contributed by atoms with van der Waals surface area (Å²) in [6.07, 6.45) is 0.484. The van der Waals surface area contributed by atoms with E-state index in [0.29, 0.717) is 12.3 Å². The Morgan fingerprint density at radius 2 is 1.71 bits per heavy atom. The van der Waals surface area contributed by atoms with E-state index >= 15 is 0 Å². The number of nitrogens with two attached hydrogens (primary N) is 1. The molecule has 0 atom stereocenters. The van der Waals surface area contributed by atoms with Crippen molar-refractivity contribution < 1.29 is 9.21 Å². The number of benzene rings is 2. The highest BCUT2D eigenvalue weighted by Gasteiger charge is 2.24. The fourth-order valence-electron chi connectivity index (χ4n) is 3.56. The summed E-state index contributed by atoms with van der Waals surface area (Å²) < 4.78 is 6.88. The van der Waals surface area contributed by atoms with Crippen molar-refractivity contribution in [2.24, 2.45) is 0 Å². The van der Waals surface area contributed by atoms with E-state index in [1.807, 2.05) is 60.7 Å². The van der Waals surface area contributed by atoms with E-state index in [4.69, 9.17) is 10.2 Å². The van der Waals surface area contributed by atoms with Gasteiger partial charge in [-0.3, -0.25) is 19.1 Å². The summed E-state index contributed by atoms with van der Waals surface area (Å²) in [5.74, 6) is -0.0855. The lowest BCUT2D eigenvalue weighted by molar-refractivity contribution is -0.116. The molecular weight excluding hydrogens is 468 g/mol. The third-order valence-electron chi connectivity index (χ3n) is 5.25. The van der Waals surface area contributed by atoms with Crippen LogP contribution in [0.25, 0.3) is 0 Å². The minimum absolute atomic E-state index is 0.0580. The Morgan fingerprint density at radius 3 is 2.37 bits per heavy atom. The van der Waals surface area contributed by atoms with Crippen molar-refractivity contribution in [1.29, 1.82) is 0 Å². The molecule has 10 nitrogen and oxygen atoms in total. The summed E-state index contributed by atoms with van der Waals surface area (Å²) in [6.45, 7) is 2.06. The van der Waals surface area contributed by atoms with E-state index < -0.39 is 11.2 Å². The third kappa shape index (κ3) is 5.69. The molecule has 0 aliphatic heterocycles. The van der Waals surface area contributed by atoms with Crippen molar-refractivity contribution in [2.75, 3.05) is 22.9 Å². The fraction of sp³-hybridized carbons (Fsp3) is 0.208. The Labute approximate surface area is 204 Å².